The summed E-state index contributed by atoms with van der Waals surface area (Å²) in [5, 5.41) is 12.6. The molecule has 4 nitrogen and oxygen atoms in total. The van der Waals surface area contributed by atoms with Gasteiger partial charge in [-0.2, -0.15) is 0 Å². The number of nitrogens with one attached hydrogen (secondary N) is 1. The molecule has 1 aliphatic carbocycles. The molecule has 0 spiro atoms. The van der Waals surface area contributed by atoms with Crippen LogP contribution in [0.3, 0.4) is 0 Å². The van der Waals surface area contributed by atoms with E-state index in [2.05, 4.69) is 15.6 Å². The van der Waals surface area contributed by atoms with Crippen LogP contribution in [0.5, 0.6) is 0 Å². The lowest BCUT2D eigenvalue weighted by atomic mass is 10.3. The van der Waals surface area contributed by atoms with Crippen LogP contribution in [0, 0.1) is 0 Å². The van der Waals surface area contributed by atoms with Crippen molar-refractivity contribution in [2.75, 3.05) is 0 Å². The molecular formula is C12H12Cl2N4. The summed E-state index contributed by atoms with van der Waals surface area (Å²) < 4.78 is 1.70. The molecule has 0 unspecified atom stereocenters. The number of nitrogens with zero attached hydrogens (tertiary/aromatic N) is 3. The van der Waals surface area contributed by atoms with Crippen molar-refractivity contribution in [1.82, 2.24) is 20.3 Å². The molecular weight excluding hydrogens is 271 g/mol. The van der Waals surface area contributed by atoms with Crippen LogP contribution in [0.15, 0.2) is 24.4 Å². The number of hydrogen-bond donors (Lipinski definition) is 1. The summed E-state index contributed by atoms with van der Waals surface area (Å²) in [6, 6.07) is 6.06. The Bertz CT molecular complexity index is 563. The quantitative estimate of drug-likeness (QED) is 0.938. The van der Waals surface area contributed by atoms with E-state index in [9.17, 15) is 0 Å². The molecule has 1 aliphatic rings. The Morgan fingerprint density at radius 2 is 2.11 bits per heavy atom. The molecule has 1 aromatic heterocycles. The second-order valence-electron chi connectivity index (χ2n) is 4.41. The van der Waals surface area contributed by atoms with Gasteiger partial charge in [0.1, 0.15) is 0 Å². The molecule has 0 aliphatic heterocycles. The Morgan fingerprint density at radius 3 is 2.83 bits per heavy atom. The van der Waals surface area contributed by atoms with Gasteiger partial charge in [-0.1, -0.05) is 28.4 Å². The number of hydrogen-bond acceptors (Lipinski definition) is 3. The maximum absolute atomic E-state index is 5.98. The molecule has 1 aromatic carbocycles. The van der Waals surface area contributed by atoms with Crippen molar-refractivity contribution in [3.63, 3.8) is 0 Å². The van der Waals surface area contributed by atoms with Crippen molar-refractivity contribution in [3.8, 4) is 5.69 Å². The van der Waals surface area contributed by atoms with Crippen LogP contribution in [0.25, 0.3) is 5.69 Å². The zero-order valence-corrected chi connectivity index (χ0v) is 11.1. The highest BCUT2D eigenvalue weighted by atomic mass is 35.5. The Hall–Kier alpha value is -1.10. The lowest BCUT2D eigenvalue weighted by molar-refractivity contribution is 0.671. The molecule has 0 radical (unpaired) electrons. The van der Waals surface area contributed by atoms with E-state index in [-0.39, 0.29) is 0 Å². The van der Waals surface area contributed by atoms with Crippen molar-refractivity contribution in [3.05, 3.63) is 40.1 Å². The minimum Gasteiger partial charge on any atom is -0.308 e. The number of halogens is 2. The van der Waals surface area contributed by atoms with Crippen molar-refractivity contribution in [2.24, 2.45) is 0 Å². The van der Waals surface area contributed by atoms with Crippen LogP contribution in [0.4, 0.5) is 0 Å². The standard InChI is InChI=1S/C12H12Cl2N4/c13-11-4-3-10(5-12(11)14)18-7-9(16-17-18)6-15-8-1-2-8/h3-5,7-8,15H,1-2,6H2. The smallest absolute Gasteiger partial charge is 0.0969 e. The fourth-order valence-corrected chi connectivity index (χ4v) is 1.96. The molecule has 1 saturated carbocycles. The largest absolute Gasteiger partial charge is 0.308 e. The third kappa shape index (κ3) is 2.66. The van der Waals surface area contributed by atoms with E-state index in [1.807, 2.05) is 12.3 Å². The molecule has 0 amide bonds. The number of rotatable bonds is 4. The molecule has 1 N–H and O–H groups in total. The highest BCUT2D eigenvalue weighted by Crippen LogP contribution is 2.24. The van der Waals surface area contributed by atoms with Crippen LogP contribution < -0.4 is 5.32 Å². The fraction of sp³-hybridized carbons (Fsp3) is 0.333. The normalized spacial score (nSPS) is 15.0. The van der Waals surface area contributed by atoms with E-state index in [4.69, 9.17) is 23.2 Å². The Kier molecular flexibility index (Phi) is 3.24. The molecule has 94 valence electrons. The molecule has 1 fully saturated rings. The molecule has 2 aromatic rings. The van der Waals surface area contributed by atoms with E-state index < -0.39 is 0 Å². The van der Waals surface area contributed by atoms with Crippen molar-refractivity contribution in [2.45, 2.75) is 25.4 Å². The molecule has 1 heterocycles. The minimum atomic E-state index is 0.516. The fourth-order valence-electron chi connectivity index (χ4n) is 1.67. The number of benzene rings is 1. The van der Waals surface area contributed by atoms with Gasteiger partial charge in [-0.25, -0.2) is 4.68 Å². The van der Waals surface area contributed by atoms with Gasteiger partial charge in [-0.05, 0) is 31.0 Å². The van der Waals surface area contributed by atoms with Gasteiger partial charge >= 0.3 is 0 Å². The summed E-state index contributed by atoms with van der Waals surface area (Å²) in [6.45, 7) is 0.756. The Morgan fingerprint density at radius 1 is 1.28 bits per heavy atom. The predicted molar refractivity (Wildman–Crippen MR) is 71.2 cm³/mol. The van der Waals surface area contributed by atoms with Crippen molar-refractivity contribution in [1.29, 1.82) is 0 Å². The Balaban J connectivity index is 1.76. The van der Waals surface area contributed by atoms with Crippen molar-refractivity contribution < 1.29 is 0 Å². The number of aromatic nitrogens is 3. The second kappa shape index (κ2) is 4.88. The van der Waals surface area contributed by atoms with Gasteiger partial charge in [0.15, 0.2) is 0 Å². The van der Waals surface area contributed by atoms with Crippen molar-refractivity contribution >= 4 is 23.2 Å². The minimum absolute atomic E-state index is 0.516. The lowest BCUT2D eigenvalue weighted by Gasteiger charge is -2.01. The zero-order valence-electron chi connectivity index (χ0n) is 9.61. The summed E-state index contributed by atoms with van der Waals surface area (Å²) in [5.41, 5.74) is 1.78. The second-order valence-corrected chi connectivity index (χ2v) is 5.22. The maximum Gasteiger partial charge on any atom is 0.0969 e. The van der Waals surface area contributed by atoms with E-state index in [0.717, 1.165) is 17.9 Å². The van der Waals surface area contributed by atoms with Crippen LogP contribution in [0.2, 0.25) is 10.0 Å². The third-order valence-electron chi connectivity index (χ3n) is 2.86. The first kappa shape index (κ1) is 12.0. The highest BCUT2D eigenvalue weighted by Gasteiger charge is 2.20. The molecule has 6 heteroatoms. The molecule has 0 bridgehead atoms. The topological polar surface area (TPSA) is 42.7 Å². The summed E-state index contributed by atoms with van der Waals surface area (Å²) in [7, 11) is 0. The van der Waals surface area contributed by atoms with Gasteiger partial charge in [-0.3, -0.25) is 0 Å². The first-order valence-electron chi connectivity index (χ1n) is 5.82. The van der Waals surface area contributed by atoms with Gasteiger partial charge in [0.05, 0.1) is 27.6 Å². The summed E-state index contributed by atoms with van der Waals surface area (Å²) >= 11 is 11.9. The van der Waals surface area contributed by atoms with Crippen LogP contribution >= 0.6 is 23.2 Å². The average molecular weight is 283 g/mol. The zero-order chi connectivity index (χ0) is 12.5. The monoisotopic (exact) mass is 282 g/mol. The SMILES string of the molecule is Clc1ccc(-n2cc(CNC3CC3)nn2)cc1Cl. The van der Waals surface area contributed by atoms with Gasteiger partial charge in [0.25, 0.3) is 0 Å². The summed E-state index contributed by atoms with van der Waals surface area (Å²) in [5.74, 6) is 0. The van der Waals surface area contributed by atoms with Gasteiger partial charge in [0, 0.05) is 12.6 Å². The van der Waals surface area contributed by atoms with Crippen LogP contribution in [0.1, 0.15) is 18.5 Å². The highest BCUT2D eigenvalue weighted by molar-refractivity contribution is 6.42. The van der Waals surface area contributed by atoms with E-state index >= 15 is 0 Å². The van der Waals surface area contributed by atoms with Crippen LogP contribution in [-0.4, -0.2) is 21.0 Å². The van der Waals surface area contributed by atoms with E-state index in [0.29, 0.717) is 16.1 Å². The van der Waals surface area contributed by atoms with Gasteiger partial charge in [-0.15, -0.1) is 5.10 Å². The third-order valence-corrected chi connectivity index (χ3v) is 3.60. The molecule has 0 atom stereocenters. The predicted octanol–water partition coefficient (Wildman–Crippen LogP) is 2.83. The lowest BCUT2D eigenvalue weighted by Crippen LogP contribution is -2.15. The summed E-state index contributed by atoms with van der Waals surface area (Å²) in [6.07, 6.45) is 4.43. The molecule has 18 heavy (non-hydrogen) atoms. The first-order valence-corrected chi connectivity index (χ1v) is 6.58. The van der Waals surface area contributed by atoms with Gasteiger partial charge < -0.3 is 5.32 Å². The van der Waals surface area contributed by atoms with E-state index in [1.165, 1.54) is 12.8 Å². The first-order chi connectivity index (χ1) is 8.72. The van der Waals surface area contributed by atoms with Crippen LogP contribution in [-0.2, 0) is 6.54 Å². The maximum atomic E-state index is 5.98. The van der Waals surface area contributed by atoms with Gasteiger partial charge in [0.2, 0.25) is 0 Å². The molecule has 0 saturated heterocycles. The average Bonchev–Trinajstić information content (AvgIpc) is 3.08. The Labute approximate surface area is 115 Å². The summed E-state index contributed by atoms with van der Waals surface area (Å²) in [4.78, 5) is 0. The molecule has 3 rings (SSSR count). The van der Waals surface area contributed by atoms with E-state index in [1.54, 1.807) is 16.8 Å².